The molecule has 2 rings (SSSR count). The van der Waals surface area contributed by atoms with E-state index in [9.17, 15) is 4.79 Å². The van der Waals surface area contributed by atoms with Gasteiger partial charge in [0.05, 0.1) is 7.11 Å². The van der Waals surface area contributed by atoms with Crippen LogP contribution in [0.2, 0.25) is 0 Å². The Balaban J connectivity index is 1.61. The van der Waals surface area contributed by atoms with Crippen molar-refractivity contribution in [2.75, 3.05) is 20.2 Å². The number of hydrogen-bond donors (Lipinski definition) is 2. The first-order valence-corrected chi connectivity index (χ1v) is 7.75. The molecule has 1 aromatic carbocycles. The molecule has 1 aliphatic carbocycles. The molecule has 0 heterocycles. The van der Waals surface area contributed by atoms with Crippen molar-refractivity contribution in [1.82, 2.24) is 10.6 Å². The number of amides is 1. The topological polar surface area (TPSA) is 50.4 Å². The Morgan fingerprint density at radius 2 is 1.90 bits per heavy atom. The van der Waals surface area contributed by atoms with Gasteiger partial charge in [-0.3, -0.25) is 4.79 Å². The van der Waals surface area contributed by atoms with Crippen molar-refractivity contribution >= 4 is 5.91 Å². The van der Waals surface area contributed by atoms with Crippen molar-refractivity contribution in [2.24, 2.45) is 5.92 Å². The molecule has 1 amide bonds. The standard InChI is InChI=1S/C17H26N2O2/c1-12(2)17(20)19-9-8-18-15-10-14(11-15)13-4-6-16(21-3)7-5-13/h4-7,12,14-15,18H,8-11H2,1-3H3,(H,19,20). The smallest absolute Gasteiger partial charge is 0.222 e. The highest BCUT2D eigenvalue weighted by Gasteiger charge is 2.29. The normalized spacial score (nSPS) is 21.0. The lowest BCUT2D eigenvalue weighted by molar-refractivity contribution is -0.123. The molecule has 1 saturated carbocycles. The van der Waals surface area contributed by atoms with Gasteiger partial charge in [0.2, 0.25) is 5.91 Å². The summed E-state index contributed by atoms with van der Waals surface area (Å²) in [5, 5.41) is 6.42. The highest BCUT2D eigenvalue weighted by molar-refractivity contribution is 5.77. The first-order valence-electron chi connectivity index (χ1n) is 7.75. The molecule has 1 aliphatic rings. The van der Waals surface area contributed by atoms with Gasteiger partial charge in [-0.05, 0) is 36.5 Å². The van der Waals surface area contributed by atoms with E-state index in [1.807, 2.05) is 26.0 Å². The third kappa shape index (κ3) is 4.46. The van der Waals surface area contributed by atoms with Gasteiger partial charge in [0.1, 0.15) is 5.75 Å². The third-order valence-corrected chi connectivity index (χ3v) is 4.11. The molecule has 4 heteroatoms. The molecular formula is C17H26N2O2. The molecule has 1 aromatic rings. The highest BCUT2D eigenvalue weighted by Crippen LogP contribution is 2.37. The minimum atomic E-state index is 0.0631. The Morgan fingerprint density at radius 3 is 2.48 bits per heavy atom. The van der Waals surface area contributed by atoms with E-state index >= 15 is 0 Å². The molecule has 0 aromatic heterocycles. The quantitative estimate of drug-likeness (QED) is 0.758. The zero-order valence-electron chi connectivity index (χ0n) is 13.2. The Morgan fingerprint density at radius 1 is 1.24 bits per heavy atom. The van der Waals surface area contributed by atoms with Gasteiger partial charge in [-0.15, -0.1) is 0 Å². The highest BCUT2D eigenvalue weighted by atomic mass is 16.5. The molecule has 0 aliphatic heterocycles. The number of hydrogen-bond acceptors (Lipinski definition) is 3. The second kappa shape index (κ2) is 7.46. The summed E-state index contributed by atoms with van der Waals surface area (Å²) < 4.78 is 5.18. The van der Waals surface area contributed by atoms with Crippen molar-refractivity contribution in [3.8, 4) is 5.75 Å². The molecule has 0 radical (unpaired) electrons. The van der Waals surface area contributed by atoms with Crippen LogP contribution in [-0.2, 0) is 4.79 Å². The van der Waals surface area contributed by atoms with Crippen LogP contribution >= 0.6 is 0 Å². The van der Waals surface area contributed by atoms with Crippen LogP contribution in [0.15, 0.2) is 24.3 Å². The molecule has 0 atom stereocenters. The summed E-state index contributed by atoms with van der Waals surface area (Å²) in [4.78, 5) is 11.4. The summed E-state index contributed by atoms with van der Waals surface area (Å²) >= 11 is 0. The van der Waals surface area contributed by atoms with E-state index in [0.29, 0.717) is 18.5 Å². The number of ether oxygens (including phenoxy) is 1. The van der Waals surface area contributed by atoms with E-state index in [1.165, 1.54) is 18.4 Å². The van der Waals surface area contributed by atoms with Gasteiger partial charge in [-0.1, -0.05) is 26.0 Å². The number of benzene rings is 1. The average Bonchev–Trinajstić information content (AvgIpc) is 2.45. The minimum absolute atomic E-state index is 0.0631. The molecule has 1 fully saturated rings. The van der Waals surface area contributed by atoms with Gasteiger partial charge in [-0.2, -0.15) is 0 Å². The zero-order valence-corrected chi connectivity index (χ0v) is 13.2. The van der Waals surface area contributed by atoms with E-state index < -0.39 is 0 Å². The van der Waals surface area contributed by atoms with E-state index in [1.54, 1.807) is 7.11 Å². The fraction of sp³-hybridized carbons (Fsp3) is 0.588. The summed E-state index contributed by atoms with van der Waals surface area (Å²) in [6.45, 7) is 5.38. The lowest BCUT2D eigenvalue weighted by Crippen LogP contribution is -2.43. The molecule has 2 N–H and O–H groups in total. The lowest BCUT2D eigenvalue weighted by Gasteiger charge is -2.36. The van der Waals surface area contributed by atoms with Crippen LogP contribution < -0.4 is 15.4 Å². The monoisotopic (exact) mass is 290 g/mol. The van der Waals surface area contributed by atoms with E-state index in [4.69, 9.17) is 4.74 Å². The molecule has 0 saturated heterocycles. The molecule has 116 valence electrons. The Bertz CT molecular complexity index is 450. The SMILES string of the molecule is COc1ccc(C2CC(NCCNC(=O)C(C)C)C2)cc1. The van der Waals surface area contributed by atoms with Crippen molar-refractivity contribution in [3.05, 3.63) is 29.8 Å². The third-order valence-electron chi connectivity index (χ3n) is 4.11. The molecule has 21 heavy (non-hydrogen) atoms. The molecule has 4 nitrogen and oxygen atoms in total. The number of carbonyl (C=O) groups excluding carboxylic acids is 1. The predicted molar refractivity (Wildman–Crippen MR) is 84.6 cm³/mol. The minimum Gasteiger partial charge on any atom is -0.497 e. The summed E-state index contributed by atoms with van der Waals surface area (Å²) in [6, 6.07) is 8.94. The summed E-state index contributed by atoms with van der Waals surface area (Å²) in [5.41, 5.74) is 1.39. The van der Waals surface area contributed by atoms with E-state index in [-0.39, 0.29) is 11.8 Å². The molecule has 0 bridgehead atoms. The van der Waals surface area contributed by atoms with Gasteiger partial charge < -0.3 is 15.4 Å². The van der Waals surface area contributed by atoms with Crippen molar-refractivity contribution in [1.29, 1.82) is 0 Å². The largest absolute Gasteiger partial charge is 0.497 e. The molecular weight excluding hydrogens is 264 g/mol. The van der Waals surface area contributed by atoms with Crippen LogP contribution in [0.3, 0.4) is 0 Å². The Hall–Kier alpha value is -1.55. The molecule has 0 spiro atoms. The number of carbonyl (C=O) groups is 1. The lowest BCUT2D eigenvalue weighted by atomic mass is 9.76. The van der Waals surface area contributed by atoms with Gasteiger partial charge in [0.25, 0.3) is 0 Å². The van der Waals surface area contributed by atoms with Crippen molar-refractivity contribution in [2.45, 2.75) is 38.6 Å². The maximum Gasteiger partial charge on any atom is 0.222 e. The van der Waals surface area contributed by atoms with Gasteiger partial charge >= 0.3 is 0 Å². The average molecular weight is 290 g/mol. The number of rotatable bonds is 7. The Labute approximate surface area is 127 Å². The van der Waals surface area contributed by atoms with Crippen molar-refractivity contribution < 1.29 is 9.53 Å². The Kier molecular flexibility index (Phi) is 5.62. The first kappa shape index (κ1) is 15.8. The van der Waals surface area contributed by atoms with Crippen LogP contribution in [-0.4, -0.2) is 32.1 Å². The van der Waals surface area contributed by atoms with Gasteiger partial charge in [0.15, 0.2) is 0 Å². The summed E-state index contributed by atoms with van der Waals surface area (Å²) in [5.74, 6) is 1.75. The second-order valence-corrected chi connectivity index (χ2v) is 6.04. The number of nitrogens with one attached hydrogen (secondary N) is 2. The fourth-order valence-electron chi connectivity index (χ4n) is 2.60. The van der Waals surface area contributed by atoms with Crippen LogP contribution in [0, 0.1) is 5.92 Å². The number of methoxy groups -OCH3 is 1. The van der Waals surface area contributed by atoms with E-state index in [0.717, 1.165) is 12.3 Å². The van der Waals surface area contributed by atoms with Gasteiger partial charge in [-0.25, -0.2) is 0 Å². The van der Waals surface area contributed by atoms with Gasteiger partial charge in [0, 0.05) is 25.0 Å². The first-order chi connectivity index (χ1) is 10.1. The van der Waals surface area contributed by atoms with E-state index in [2.05, 4.69) is 22.8 Å². The maximum atomic E-state index is 11.4. The fourth-order valence-corrected chi connectivity index (χ4v) is 2.60. The van der Waals surface area contributed by atoms with Crippen LogP contribution in [0.25, 0.3) is 0 Å². The summed E-state index contributed by atoms with van der Waals surface area (Å²) in [7, 11) is 1.69. The predicted octanol–water partition coefficient (Wildman–Crippen LogP) is 2.30. The van der Waals surface area contributed by atoms with Crippen molar-refractivity contribution in [3.63, 3.8) is 0 Å². The van der Waals surface area contributed by atoms with Crippen LogP contribution in [0.5, 0.6) is 5.75 Å². The van der Waals surface area contributed by atoms with Crippen LogP contribution in [0.4, 0.5) is 0 Å². The molecule has 0 unspecified atom stereocenters. The van der Waals surface area contributed by atoms with Crippen LogP contribution in [0.1, 0.15) is 38.2 Å². The zero-order chi connectivity index (χ0) is 15.2. The summed E-state index contributed by atoms with van der Waals surface area (Å²) in [6.07, 6.45) is 2.34. The maximum absolute atomic E-state index is 11.4. The second-order valence-electron chi connectivity index (χ2n) is 6.04.